The van der Waals surface area contributed by atoms with E-state index in [1.807, 2.05) is 0 Å². The Labute approximate surface area is 155 Å². The van der Waals surface area contributed by atoms with Crippen molar-refractivity contribution in [3.8, 4) is 0 Å². The zero-order valence-electron chi connectivity index (χ0n) is 15.0. The van der Waals surface area contributed by atoms with Crippen LogP contribution in [0.5, 0.6) is 0 Å². The van der Waals surface area contributed by atoms with Gasteiger partial charge in [-0.25, -0.2) is 0 Å². The third-order valence-electron chi connectivity index (χ3n) is 5.48. The summed E-state index contributed by atoms with van der Waals surface area (Å²) in [6.07, 6.45) is 16.2. The van der Waals surface area contributed by atoms with Gasteiger partial charge in [0.25, 0.3) is 0 Å². The maximum atomic E-state index is 2.42. The Hall–Kier alpha value is -1.73. The molecule has 0 aromatic heterocycles. The van der Waals surface area contributed by atoms with Gasteiger partial charge in [-0.1, -0.05) is 0 Å². The van der Waals surface area contributed by atoms with Gasteiger partial charge in [-0.3, -0.25) is 0 Å². The molecular weight excluding hydrogens is 467 g/mol. The molecule has 0 unspecified atom stereocenters. The minimum absolute atomic E-state index is 1.11. The first-order chi connectivity index (χ1) is 12.2. The second-order valence-electron chi connectivity index (χ2n) is 7.13. The molecule has 0 N–H and O–H groups in total. The van der Waals surface area contributed by atoms with Crippen LogP contribution < -0.4 is 6.64 Å². The number of benzene rings is 2. The summed E-state index contributed by atoms with van der Waals surface area (Å²) in [7, 11) is 0. The Balaban J connectivity index is 2.00. The van der Waals surface area contributed by atoms with E-state index in [2.05, 4.69) is 98.8 Å². The summed E-state index contributed by atoms with van der Waals surface area (Å²) in [6.45, 7) is 4.36. The molecule has 0 fully saturated rings. The van der Waals surface area contributed by atoms with Gasteiger partial charge in [0.2, 0.25) is 0 Å². The Kier molecular flexibility index (Phi) is 4.60. The summed E-state index contributed by atoms with van der Waals surface area (Å²) in [4.78, 5) is 0. The molecular formula is C24H24Hf. The third kappa shape index (κ3) is 2.89. The fourth-order valence-corrected chi connectivity index (χ4v) is 22.5. The van der Waals surface area contributed by atoms with Crippen LogP contribution in [-0.2, 0) is 20.0 Å². The fraction of sp³-hybridized carbons (Fsp3) is 0.167. The van der Waals surface area contributed by atoms with Crippen LogP contribution in [0.3, 0.4) is 0 Å². The number of rotatable bonds is 4. The molecule has 2 aromatic carbocycles. The number of aryl methyl sites for hydroxylation is 2. The van der Waals surface area contributed by atoms with E-state index in [1.54, 1.807) is 13.3 Å². The zero-order chi connectivity index (χ0) is 17.3. The second-order valence-corrected chi connectivity index (χ2v) is 21.3. The van der Waals surface area contributed by atoms with Gasteiger partial charge in [0.05, 0.1) is 0 Å². The number of hydrogen-bond donors (Lipinski definition) is 0. The molecule has 0 radical (unpaired) electrons. The van der Waals surface area contributed by atoms with Crippen molar-refractivity contribution >= 4 is 6.64 Å². The molecule has 124 valence electrons. The summed E-state index contributed by atoms with van der Waals surface area (Å²) >= 11 is -3.31. The van der Waals surface area contributed by atoms with Crippen molar-refractivity contribution < 1.29 is 20.0 Å². The van der Waals surface area contributed by atoms with Gasteiger partial charge in [-0.05, 0) is 0 Å². The van der Waals surface area contributed by atoms with Crippen LogP contribution in [0.15, 0.2) is 91.6 Å². The molecule has 25 heavy (non-hydrogen) atoms. The van der Waals surface area contributed by atoms with Crippen molar-refractivity contribution in [2.45, 2.75) is 26.7 Å². The first kappa shape index (κ1) is 16.7. The van der Waals surface area contributed by atoms with E-state index < -0.39 is 20.0 Å². The van der Waals surface area contributed by atoms with Crippen LogP contribution in [0.1, 0.15) is 24.0 Å². The molecule has 0 heterocycles. The average molecular weight is 491 g/mol. The maximum absolute atomic E-state index is 3.31. The normalized spacial score (nSPS) is 16.2. The van der Waals surface area contributed by atoms with E-state index in [0.29, 0.717) is 0 Å². The molecule has 1 heteroatoms. The summed E-state index contributed by atoms with van der Waals surface area (Å²) in [5, 5.41) is 0. The quantitative estimate of drug-likeness (QED) is 0.523. The van der Waals surface area contributed by atoms with Gasteiger partial charge in [-0.2, -0.15) is 0 Å². The van der Waals surface area contributed by atoms with Crippen LogP contribution in [0.25, 0.3) is 0 Å². The minimum atomic E-state index is -3.31. The van der Waals surface area contributed by atoms with Gasteiger partial charge < -0.3 is 0 Å². The van der Waals surface area contributed by atoms with Crippen molar-refractivity contribution in [3.63, 3.8) is 0 Å². The van der Waals surface area contributed by atoms with Crippen LogP contribution in [-0.4, -0.2) is 0 Å². The van der Waals surface area contributed by atoms with Crippen molar-refractivity contribution in [1.82, 2.24) is 0 Å². The molecule has 0 spiro atoms. The van der Waals surface area contributed by atoms with E-state index in [9.17, 15) is 0 Å². The molecule has 2 aliphatic rings. The van der Waals surface area contributed by atoms with Crippen LogP contribution in [0.2, 0.25) is 0 Å². The number of allylic oxidation sites excluding steroid dienone is 8. The van der Waals surface area contributed by atoms with Crippen molar-refractivity contribution in [2.24, 2.45) is 0 Å². The third-order valence-corrected chi connectivity index (χ3v) is 23.7. The summed E-state index contributed by atoms with van der Waals surface area (Å²) in [5.41, 5.74) is 2.68. The predicted octanol–water partition coefficient (Wildman–Crippen LogP) is 5.10. The Morgan fingerprint density at radius 2 is 1.00 bits per heavy atom. The standard InChI is InChI=1S/2C7H7.2C5H5.Hf/c2*1-7-5-3-2-4-6-7;2*1-2-4-5-3-1;/h2*3-6H,1H3;2*1-3H,4H2;. The molecule has 0 saturated heterocycles. The van der Waals surface area contributed by atoms with Crippen molar-refractivity contribution in [1.29, 1.82) is 0 Å². The van der Waals surface area contributed by atoms with E-state index in [-0.39, 0.29) is 0 Å². The average Bonchev–Trinajstić information content (AvgIpc) is 3.33. The zero-order valence-corrected chi connectivity index (χ0v) is 18.6. The van der Waals surface area contributed by atoms with E-state index >= 15 is 0 Å². The van der Waals surface area contributed by atoms with E-state index in [1.165, 1.54) is 11.1 Å². The molecule has 0 aliphatic heterocycles. The first-order valence-electron chi connectivity index (χ1n) is 9.08. The van der Waals surface area contributed by atoms with Gasteiger partial charge in [0, 0.05) is 0 Å². The van der Waals surface area contributed by atoms with Crippen LogP contribution in [0, 0.1) is 13.8 Å². The Morgan fingerprint density at radius 3 is 1.32 bits per heavy atom. The molecule has 0 nitrogen and oxygen atoms in total. The van der Waals surface area contributed by atoms with E-state index in [0.717, 1.165) is 12.8 Å². The molecule has 0 amide bonds. The molecule has 4 rings (SSSR count). The molecule has 0 bridgehead atoms. The summed E-state index contributed by atoms with van der Waals surface area (Å²) in [5.74, 6) is 0. The van der Waals surface area contributed by atoms with Crippen LogP contribution in [0.4, 0.5) is 0 Å². The first-order valence-corrected chi connectivity index (χ1v) is 16.3. The van der Waals surface area contributed by atoms with E-state index in [4.69, 9.17) is 0 Å². The fourth-order valence-electron chi connectivity index (χ4n) is 4.17. The second kappa shape index (κ2) is 6.88. The monoisotopic (exact) mass is 492 g/mol. The SMILES string of the molecule is Cc1cc[c]([Hf]([C]2=CC=CC2)([C]2=CC=CC2)[c]2ccc(C)cc2)cc1. The van der Waals surface area contributed by atoms with Gasteiger partial charge in [-0.15, -0.1) is 0 Å². The van der Waals surface area contributed by atoms with Crippen LogP contribution >= 0.6 is 0 Å². The summed E-state index contributed by atoms with van der Waals surface area (Å²) < 4.78 is 6.56. The van der Waals surface area contributed by atoms with Gasteiger partial charge >= 0.3 is 156 Å². The topological polar surface area (TPSA) is 0 Å². The van der Waals surface area contributed by atoms with Crippen molar-refractivity contribution in [3.05, 3.63) is 103 Å². The Morgan fingerprint density at radius 1 is 0.600 bits per heavy atom. The predicted molar refractivity (Wildman–Crippen MR) is 105 cm³/mol. The summed E-state index contributed by atoms with van der Waals surface area (Å²) in [6, 6.07) is 18.8. The Bertz CT molecular complexity index is 813. The van der Waals surface area contributed by atoms with Gasteiger partial charge in [0.15, 0.2) is 0 Å². The number of hydrogen-bond acceptors (Lipinski definition) is 0. The molecule has 0 saturated carbocycles. The van der Waals surface area contributed by atoms with Gasteiger partial charge in [0.1, 0.15) is 0 Å². The molecule has 2 aliphatic carbocycles. The molecule has 2 aromatic rings. The van der Waals surface area contributed by atoms with Crippen molar-refractivity contribution in [2.75, 3.05) is 0 Å². The molecule has 0 atom stereocenters.